The third-order valence-corrected chi connectivity index (χ3v) is 3.67. The van der Waals surface area contributed by atoms with Gasteiger partial charge in [0.05, 0.1) is 0 Å². The molecule has 0 unspecified atom stereocenters. The molecule has 0 radical (unpaired) electrons. The lowest BCUT2D eigenvalue weighted by molar-refractivity contribution is 0.432. The summed E-state index contributed by atoms with van der Waals surface area (Å²) in [7, 11) is 0. The summed E-state index contributed by atoms with van der Waals surface area (Å²) in [5, 5.41) is 20.5. The summed E-state index contributed by atoms with van der Waals surface area (Å²) in [5.41, 5.74) is 0. The van der Waals surface area contributed by atoms with Gasteiger partial charge in [-0.1, -0.05) is 0 Å². The Labute approximate surface area is 134 Å². The van der Waals surface area contributed by atoms with Crippen molar-refractivity contribution in [3.63, 3.8) is 0 Å². The molecule has 0 aromatic carbocycles. The number of rotatable bonds is 5. The first-order valence-corrected chi connectivity index (χ1v) is 8.58. The molecule has 0 aromatic heterocycles. The van der Waals surface area contributed by atoms with E-state index >= 15 is 0 Å². The molecule has 1 fully saturated rings. The van der Waals surface area contributed by atoms with Crippen LogP contribution in [0.4, 0.5) is 0 Å². The minimum Gasteiger partial charge on any atom is -0.456 e. The standard InChI is InChI=1S/C14H32ClN6/c15-13-20-3-1-2-14-12-19-9-8-17-5-4-16-6-7-18-10-11-21-14/h13-14,16-21H,1-12H2/q-1/t14-/m0/s1. The molecule has 1 aliphatic heterocycles. The van der Waals surface area contributed by atoms with Gasteiger partial charge in [0.2, 0.25) is 0 Å². The van der Waals surface area contributed by atoms with Gasteiger partial charge in [0.25, 0.3) is 0 Å². The summed E-state index contributed by atoms with van der Waals surface area (Å²) >= 11 is 5.50. The van der Waals surface area contributed by atoms with E-state index in [2.05, 4.69) is 31.9 Å². The Morgan fingerprint density at radius 2 is 1.43 bits per heavy atom. The zero-order chi connectivity index (χ0) is 15.0. The van der Waals surface area contributed by atoms with Gasteiger partial charge in [-0.2, -0.15) is 6.00 Å². The summed E-state index contributed by atoms with van der Waals surface area (Å²) in [6, 6.07) is 2.01. The quantitative estimate of drug-likeness (QED) is 0.223. The van der Waals surface area contributed by atoms with E-state index in [4.69, 9.17) is 11.6 Å². The average molecular weight is 320 g/mol. The normalized spacial score (nSPS) is 24.1. The molecular weight excluding hydrogens is 288 g/mol. The molecule has 0 spiro atoms. The van der Waals surface area contributed by atoms with Crippen LogP contribution in [0.3, 0.4) is 0 Å². The molecule has 7 heteroatoms. The van der Waals surface area contributed by atoms with Crippen molar-refractivity contribution >= 4 is 11.6 Å². The average Bonchev–Trinajstić information content (AvgIpc) is 2.51. The van der Waals surface area contributed by atoms with Crippen molar-refractivity contribution in [3.8, 4) is 0 Å². The van der Waals surface area contributed by atoms with E-state index in [0.717, 1.165) is 78.3 Å². The molecule has 126 valence electrons. The second-order valence-electron chi connectivity index (χ2n) is 5.31. The monoisotopic (exact) mass is 319 g/mol. The van der Waals surface area contributed by atoms with Gasteiger partial charge in [0, 0.05) is 64.9 Å². The van der Waals surface area contributed by atoms with Gasteiger partial charge < -0.3 is 43.5 Å². The molecule has 21 heavy (non-hydrogen) atoms. The summed E-state index contributed by atoms with van der Waals surface area (Å²) < 4.78 is 0. The van der Waals surface area contributed by atoms with Crippen LogP contribution >= 0.6 is 11.6 Å². The number of nitrogens with one attached hydrogen (secondary N) is 6. The zero-order valence-corrected chi connectivity index (χ0v) is 13.8. The molecule has 6 nitrogen and oxygen atoms in total. The fourth-order valence-corrected chi connectivity index (χ4v) is 2.44. The van der Waals surface area contributed by atoms with E-state index in [9.17, 15) is 0 Å². The first-order valence-electron chi connectivity index (χ1n) is 8.15. The maximum atomic E-state index is 5.50. The van der Waals surface area contributed by atoms with Crippen molar-refractivity contribution in [2.45, 2.75) is 18.9 Å². The summed E-state index contributed by atoms with van der Waals surface area (Å²) in [4.78, 5) is 0. The van der Waals surface area contributed by atoms with Gasteiger partial charge in [-0.3, -0.25) is 0 Å². The van der Waals surface area contributed by atoms with E-state index in [1.54, 1.807) is 0 Å². The van der Waals surface area contributed by atoms with Crippen LogP contribution in [0.2, 0.25) is 0 Å². The predicted octanol–water partition coefficient (Wildman–Crippen LogP) is -0.956. The van der Waals surface area contributed by atoms with E-state index in [1.165, 1.54) is 6.00 Å². The second-order valence-corrected chi connectivity index (χ2v) is 5.53. The lowest BCUT2D eigenvalue weighted by Gasteiger charge is -2.20. The highest BCUT2D eigenvalue weighted by Crippen LogP contribution is 1.96. The smallest absolute Gasteiger partial charge is 0.0193 e. The van der Waals surface area contributed by atoms with E-state index in [1.807, 2.05) is 0 Å². The second kappa shape index (κ2) is 15.0. The summed E-state index contributed by atoms with van der Waals surface area (Å²) in [6.07, 6.45) is 2.28. The van der Waals surface area contributed by atoms with Crippen LogP contribution in [0.1, 0.15) is 12.8 Å². The molecule has 6 N–H and O–H groups in total. The molecule has 1 atom stereocenters. The maximum Gasteiger partial charge on any atom is 0.0193 e. The van der Waals surface area contributed by atoms with Gasteiger partial charge in [-0.15, -0.1) is 0 Å². The zero-order valence-electron chi connectivity index (χ0n) is 13.0. The van der Waals surface area contributed by atoms with Crippen LogP contribution in [0.5, 0.6) is 0 Å². The van der Waals surface area contributed by atoms with Crippen molar-refractivity contribution in [1.29, 1.82) is 0 Å². The molecule has 0 bridgehead atoms. The summed E-state index contributed by atoms with van der Waals surface area (Å²) in [5.74, 6) is 0. The first-order chi connectivity index (χ1) is 10.4. The maximum absolute atomic E-state index is 5.50. The Hall–Kier alpha value is 0.0500. The lowest BCUT2D eigenvalue weighted by Crippen LogP contribution is -2.43. The highest BCUT2D eigenvalue weighted by Gasteiger charge is 2.06. The molecule has 0 amide bonds. The molecule has 1 heterocycles. The Balaban J connectivity index is 2.20. The molecule has 0 aliphatic carbocycles. The number of hydrogen-bond acceptors (Lipinski definition) is 6. The molecule has 1 saturated heterocycles. The van der Waals surface area contributed by atoms with E-state index < -0.39 is 0 Å². The van der Waals surface area contributed by atoms with Crippen LogP contribution in [0.15, 0.2) is 0 Å². The minimum absolute atomic E-state index is 0.521. The fourth-order valence-electron chi connectivity index (χ4n) is 2.33. The first kappa shape index (κ1) is 19.1. The van der Waals surface area contributed by atoms with Crippen LogP contribution in [-0.2, 0) is 0 Å². The Morgan fingerprint density at radius 3 is 2.05 bits per heavy atom. The topological polar surface area (TPSA) is 72.2 Å². The fraction of sp³-hybridized carbons (Fsp3) is 0.929. The SMILES string of the molecule is Cl[CH-]NCCC[C@H]1CNCCNCCNCCNCCN1. The minimum atomic E-state index is 0.521. The summed E-state index contributed by atoms with van der Waals surface area (Å²) in [6.45, 7) is 10.2. The van der Waals surface area contributed by atoms with Crippen molar-refractivity contribution in [3.05, 3.63) is 6.00 Å². The third kappa shape index (κ3) is 12.3. The Kier molecular flexibility index (Phi) is 13.6. The van der Waals surface area contributed by atoms with Crippen molar-refractivity contribution < 1.29 is 0 Å². The largest absolute Gasteiger partial charge is 0.456 e. The van der Waals surface area contributed by atoms with Crippen LogP contribution in [0.25, 0.3) is 0 Å². The number of halogens is 1. The molecular formula is C14H32ClN6-. The van der Waals surface area contributed by atoms with Crippen molar-refractivity contribution in [2.75, 3.05) is 65.4 Å². The van der Waals surface area contributed by atoms with Crippen LogP contribution in [0, 0.1) is 6.00 Å². The van der Waals surface area contributed by atoms with Gasteiger partial charge in [0.15, 0.2) is 0 Å². The molecule has 1 rings (SSSR count). The van der Waals surface area contributed by atoms with Crippen molar-refractivity contribution in [1.82, 2.24) is 31.9 Å². The van der Waals surface area contributed by atoms with Crippen LogP contribution < -0.4 is 31.9 Å². The van der Waals surface area contributed by atoms with Crippen molar-refractivity contribution in [2.24, 2.45) is 0 Å². The van der Waals surface area contributed by atoms with Gasteiger partial charge in [-0.25, -0.2) is 0 Å². The lowest BCUT2D eigenvalue weighted by atomic mass is 10.1. The third-order valence-electron chi connectivity index (χ3n) is 3.51. The number of hydrogen-bond donors (Lipinski definition) is 6. The predicted molar refractivity (Wildman–Crippen MR) is 90.7 cm³/mol. The molecule has 0 saturated carbocycles. The highest BCUT2D eigenvalue weighted by atomic mass is 35.5. The van der Waals surface area contributed by atoms with E-state index in [-0.39, 0.29) is 0 Å². The molecule has 0 aromatic rings. The Morgan fingerprint density at radius 1 is 0.857 bits per heavy atom. The highest BCUT2D eigenvalue weighted by molar-refractivity contribution is 6.22. The van der Waals surface area contributed by atoms with Gasteiger partial charge in [-0.05, 0) is 19.4 Å². The van der Waals surface area contributed by atoms with Crippen LogP contribution in [-0.4, -0.2) is 71.5 Å². The van der Waals surface area contributed by atoms with E-state index in [0.29, 0.717) is 6.04 Å². The van der Waals surface area contributed by atoms with Gasteiger partial charge >= 0.3 is 0 Å². The Bertz CT molecular complexity index is 204. The molecule has 1 aliphatic rings. The van der Waals surface area contributed by atoms with Gasteiger partial charge in [0.1, 0.15) is 0 Å².